The molecular weight excluding hydrogens is 480 g/mol. The predicted molar refractivity (Wildman–Crippen MR) is 125 cm³/mol. The van der Waals surface area contributed by atoms with Gasteiger partial charge in [-0.15, -0.1) is 0 Å². The minimum atomic E-state index is -4.67. The quantitative estimate of drug-likeness (QED) is 0.242. The Labute approximate surface area is 201 Å². The standard InChI is InChI=1S/C23H18F4N8O/c1-3-20(36)31-14-4-5-17(24)18(9-14)33-21-16(13-6-7-28-19(8-13)23(25,26)27)11-29-22(34-21)32-15-10-30-35(2)12-15/h3-12H,1H2,2H3,(H,31,36)(H2,29,32,33,34). The van der Waals surface area contributed by atoms with Gasteiger partial charge in [0.15, 0.2) is 0 Å². The van der Waals surface area contributed by atoms with Gasteiger partial charge in [-0.05, 0) is 42.0 Å². The molecule has 0 aliphatic heterocycles. The van der Waals surface area contributed by atoms with Crippen LogP contribution < -0.4 is 16.0 Å². The SMILES string of the molecule is C=CC(=O)Nc1ccc(F)c(Nc2nc(Nc3cnn(C)c3)ncc2-c2ccnc(C(F)(F)F)c2)c1. The number of anilines is 5. The maximum Gasteiger partial charge on any atom is 0.433 e. The zero-order valence-corrected chi connectivity index (χ0v) is 18.6. The van der Waals surface area contributed by atoms with E-state index >= 15 is 0 Å². The summed E-state index contributed by atoms with van der Waals surface area (Å²) in [4.78, 5) is 23.5. The average Bonchev–Trinajstić information content (AvgIpc) is 3.25. The maximum atomic E-state index is 14.7. The highest BCUT2D eigenvalue weighted by Crippen LogP contribution is 2.34. The van der Waals surface area contributed by atoms with E-state index in [9.17, 15) is 22.4 Å². The minimum Gasteiger partial charge on any atom is -0.337 e. The Morgan fingerprint density at radius 3 is 2.58 bits per heavy atom. The highest BCUT2D eigenvalue weighted by molar-refractivity contribution is 5.99. The minimum absolute atomic E-state index is 0.00168. The van der Waals surface area contributed by atoms with Crippen LogP contribution in [0.2, 0.25) is 0 Å². The van der Waals surface area contributed by atoms with Crippen LogP contribution in [-0.4, -0.2) is 30.6 Å². The fourth-order valence-corrected chi connectivity index (χ4v) is 3.14. The van der Waals surface area contributed by atoms with E-state index < -0.39 is 23.6 Å². The third-order valence-corrected chi connectivity index (χ3v) is 4.78. The van der Waals surface area contributed by atoms with Crippen molar-refractivity contribution in [1.82, 2.24) is 24.7 Å². The molecule has 0 atom stereocenters. The number of halogens is 4. The summed E-state index contributed by atoms with van der Waals surface area (Å²) >= 11 is 0. The molecule has 13 heteroatoms. The van der Waals surface area contributed by atoms with Crippen LogP contribution in [-0.2, 0) is 18.0 Å². The first-order valence-corrected chi connectivity index (χ1v) is 10.3. The Kier molecular flexibility index (Phi) is 6.63. The molecule has 0 aliphatic carbocycles. The topological polar surface area (TPSA) is 110 Å². The summed E-state index contributed by atoms with van der Waals surface area (Å²) in [6, 6.07) is 5.96. The van der Waals surface area contributed by atoms with Crippen LogP contribution in [0.1, 0.15) is 5.69 Å². The molecule has 0 spiro atoms. The van der Waals surface area contributed by atoms with E-state index in [1.165, 1.54) is 30.6 Å². The normalized spacial score (nSPS) is 11.1. The number of carbonyl (C=O) groups is 1. The van der Waals surface area contributed by atoms with Crippen molar-refractivity contribution < 1.29 is 22.4 Å². The molecule has 0 saturated heterocycles. The molecule has 4 rings (SSSR count). The molecule has 0 unspecified atom stereocenters. The summed E-state index contributed by atoms with van der Waals surface area (Å²) in [6.45, 7) is 3.36. The Bertz CT molecular complexity index is 1430. The average molecular weight is 498 g/mol. The second-order valence-electron chi connectivity index (χ2n) is 7.42. The summed E-state index contributed by atoms with van der Waals surface area (Å²) in [5, 5.41) is 12.3. The molecule has 3 N–H and O–H groups in total. The molecule has 3 aromatic heterocycles. The molecule has 0 bridgehead atoms. The van der Waals surface area contributed by atoms with Gasteiger partial charge in [0.1, 0.15) is 17.3 Å². The molecule has 9 nitrogen and oxygen atoms in total. The van der Waals surface area contributed by atoms with Gasteiger partial charge in [-0.25, -0.2) is 9.37 Å². The number of aromatic nitrogens is 5. The van der Waals surface area contributed by atoms with Gasteiger partial charge in [-0.3, -0.25) is 14.5 Å². The number of rotatable bonds is 7. The second-order valence-corrected chi connectivity index (χ2v) is 7.42. The van der Waals surface area contributed by atoms with E-state index in [0.29, 0.717) is 5.69 Å². The first kappa shape index (κ1) is 24.3. The van der Waals surface area contributed by atoms with Crippen LogP contribution in [0.25, 0.3) is 11.1 Å². The number of pyridine rings is 1. The number of nitrogens with one attached hydrogen (secondary N) is 3. The number of alkyl halides is 3. The number of hydrogen-bond donors (Lipinski definition) is 3. The van der Waals surface area contributed by atoms with Gasteiger partial charge in [-0.1, -0.05) is 6.58 Å². The van der Waals surface area contributed by atoms with E-state index in [-0.39, 0.29) is 34.3 Å². The van der Waals surface area contributed by atoms with Crippen molar-refractivity contribution in [2.45, 2.75) is 6.18 Å². The number of carbonyl (C=O) groups excluding carboxylic acids is 1. The smallest absolute Gasteiger partial charge is 0.337 e. The van der Waals surface area contributed by atoms with Gasteiger partial charge in [-0.2, -0.15) is 23.3 Å². The second kappa shape index (κ2) is 9.82. The first-order valence-electron chi connectivity index (χ1n) is 10.3. The lowest BCUT2D eigenvalue weighted by Crippen LogP contribution is -2.09. The summed E-state index contributed by atoms with van der Waals surface area (Å²) in [5.41, 5.74) is -0.127. The third kappa shape index (κ3) is 5.63. The summed E-state index contributed by atoms with van der Waals surface area (Å²) in [7, 11) is 1.71. The van der Waals surface area contributed by atoms with Crippen LogP contribution in [0.15, 0.2) is 67.8 Å². The molecular formula is C23H18F4N8O. The first-order chi connectivity index (χ1) is 17.1. The van der Waals surface area contributed by atoms with E-state index in [1.54, 1.807) is 17.9 Å². The van der Waals surface area contributed by atoms with Crippen LogP contribution in [0.5, 0.6) is 0 Å². The Morgan fingerprint density at radius 2 is 1.89 bits per heavy atom. The van der Waals surface area contributed by atoms with Crippen LogP contribution in [0, 0.1) is 5.82 Å². The maximum absolute atomic E-state index is 14.7. The van der Waals surface area contributed by atoms with E-state index in [4.69, 9.17) is 0 Å². The molecule has 1 aromatic carbocycles. The molecule has 4 aromatic rings. The molecule has 36 heavy (non-hydrogen) atoms. The molecule has 3 heterocycles. The van der Waals surface area contributed by atoms with Crippen LogP contribution >= 0.6 is 0 Å². The Morgan fingerprint density at radius 1 is 1.08 bits per heavy atom. The number of benzene rings is 1. The number of aryl methyl sites for hydroxylation is 1. The van der Waals surface area contributed by atoms with E-state index in [1.807, 2.05) is 0 Å². The fraction of sp³-hybridized carbons (Fsp3) is 0.0870. The van der Waals surface area contributed by atoms with Gasteiger partial charge >= 0.3 is 6.18 Å². The van der Waals surface area contributed by atoms with Gasteiger partial charge in [0, 0.05) is 36.9 Å². The summed E-state index contributed by atoms with van der Waals surface area (Å²) in [5.74, 6) is -1.11. The molecule has 0 aliphatic rings. The predicted octanol–water partition coefficient (Wildman–Crippen LogP) is 5.04. The van der Waals surface area contributed by atoms with Gasteiger partial charge < -0.3 is 16.0 Å². The van der Waals surface area contributed by atoms with Crippen molar-refractivity contribution >= 4 is 34.7 Å². The zero-order chi connectivity index (χ0) is 25.9. The van der Waals surface area contributed by atoms with Crippen molar-refractivity contribution in [2.24, 2.45) is 7.05 Å². The Balaban J connectivity index is 1.77. The number of nitrogens with zero attached hydrogens (tertiary/aromatic N) is 5. The lowest BCUT2D eigenvalue weighted by Gasteiger charge is -2.15. The summed E-state index contributed by atoms with van der Waals surface area (Å²) in [6.07, 6.45) is 1.87. The van der Waals surface area contributed by atoms with Gasteiger partial charge in [0.25, 0.3) is 0 Å². The molecule has 1 amide bonds. The van der Waals surface area contributed by atoms with E-state index in [2.05, 4.69) is 42.6 Å². The molecule has 0 saturated carbocycles. The van der Waals surface area contributed by atoms with Gasteiger partial charge in [0.2, 0.25) is 11.9 Å². The zero-order valence-electron chi connectivity index (χ0n) is 18.6. The highest BCUT2D eigenvalue weighted by Gasteiger charge is 2.32. The lowest BCUT2D eigenvalue weighted by atomic mass is 10.1. The van der Waals surface area contributed by atoms with Crippen LogP contribution in [0.4, 0.5) is 46.4 Å². The van der Waals surface area contributed by atoms with Crippen molar-refractivity contribution in [3.05, 3.63) is 79.3 Å². The van der Waals surface area contributed by atoms with Gasteiger partial charge in [0.05, 0.1) is 17.6 Å². The van der Waals surface area contributed by atoms with Crippen molar-refractivity contribution in [2.75, 3.05) is 16.0 Å². The van der Waals surface area contributed by atoms with Crippen molar-refractivity contribution in [3.63, 3.8) is 0 Å². The van der Waals surface area contributed by atoms with E-state index in [0.717, 1.165) is 24.4 Å². The largest absolute Gasteiger partial charge is 0.433 e. The van der Waals surface area contributed by atoms with Crippen molar-refractivity contribution in [1.29, 1.82) is 0 Å². The molecule has 0 fully saturated rings. The van der Waals surface area contributed by atoms with Crippen molar-refractivity contribution in [3.8, 4) is 11.1 Å². The number of amides is 1. The summed E-state index contributed by atoms with van der Waals surface area (Å²) < 4.78 is 56.0. The monoisotopic (exact) mass is 498 g/mol. The third-order valence-electron chi connectivity index (χ3n) is 4.78. The molecule has 0 radical (unpaired) electrons. The van der Waals surface area contributed by atoms with Crippen LogP contribution in [0.3, 0.4) is 0 Å². The lowest BCUT2D eigenvalue weighted by molar-refractivity contribution is -0.141. The number of hydrogen-bond acceptors (Lipinski definition) is 7. The molecule has 184 valence electrons. The Hall–Kier alpha value is -4.81. The highest BCUT2D eigenvalue weighted by atomic mass is 19.4. The fourth-order valence-electron chi connectivity index (χ4n) is 3.14.